The van der Waals surface area contributed by atoms with Gasteiger partial charge in [0, 0.05) is 30.9 Å². The lowest BCUT2D eigenvalue weighted by Crippen LogP contribution is -2.48. The van der Waals surface area contributed by atoms with Crippen LogP contribution < -0.4 is 4.72 Å². The molecule has 2 aliphatic rings. The van der Waals surface area contributed by atoms with Gasteiger partial charge in [0.1, 0.15) is 5.82 Å². The summed E-state index contributed by atoms with van der Waals surface area (Å²) in [5.41, 5.74) is 1.26. The second-order valence-corrected chi connectivity index (χ2v) is 10.3. The molecule has 0 radical (unpaired) electrons. The van der Waals surface area contributed by atoms with Crippen molar-refractivity contribution in [1.29, 1.82) is 0 Å². The maximum atomic E-state index is 13.1. The summed E-state index contributed by atoms with van der Waals surface area (Å²) in [6.45, 7) is 5.32. The highest BCUT2D eigenvalue weighted by molar-refractivity contribution is 7.92. The molecule has 2 fully saturated rings. The van der Waals surface area contributed by atoms with Gasteiger partial charge in [0.2, 0.25) is 5.91 Å². The summed E-state index contributed by atoms with van der Waals surface area (Å²) in [7, 11) is -3.80. The smallest absolute Gasteiger partial charge is 0.261 e. The molecule has 0 bridgehead atoms. The molecule has 1 aliphatic heterocycles. The third-order valence-electron chi connectivity index (χ3n) is 6.31. The number of sulfonamides is 1. The Morgan fingerprint density at radius 3 is 2.16 bits per heavy atom. The van der Waals surface area contributed by atoms with E-state index >= 15 is 0 Å². The van der Waals surface area contributed by atoms with Crippen LogP contribution in [0.3, 0.4) is 0 Å². The summed E-state index contributed by atoms with van der Waals surface area (Å²) in [6.07, 6.45) is 4.55. The lowest BCUT2D eigenvalue weighted by atomic mass is 10.0. The van der Waals surface area contributed by atoms with E-state index in [1.807, 2.05) is 0 Å². The summed E-state index contributed by atoms with van der Waals surface area (Å²) in [5, 5.41) is 0. The Bertz CT molecular complexity index is 1030. The molecule has 32 heavy (non-hydrogen) atoms. The van der Waals surface area contributed by atoms with E-state index in [1.54, 1.807) is 24.3 Å². The van der Waals surface area contributed by atoms with E-state index in [9.17, 15) is 17.6 Å². The summed E-state index contributed by atoms with van der Waals surface area (Å²) >= 11 is 0. The van der Waals surface area contributed by atoms with Crippen LogP contribution in [0.5, 0.6) is 0 Å². The van der Waals surface area contributed by atoms with Crippen LogP contribution in [0.2, 0.25) is 0 Å². The van der Waals surface area contributed by atoms with Gasteiger partial charge >= 0.3 is 0 Å². The third kappa shape index (κ3) is 5.48. The summed E-state index contributed by atoms with van der Waals surface area (Å²) < 4.78 is 40.5. The number of likely N-dealkylation sites (tertiary alicyclic amines) is 1. The van der Waals surface area contributed by atoms with Crippen LogP contribution in [0, 0.1) is 5.82 Å². The van der Waals surface area contributed by atoms with E-state index < -0.39 is 15.8 Å². The molecule has 2 aromatic rings. The molecular formula is C24H30FN3O3S. The first-order valence-corrected chi connectivity index (χ1v) is 12.7. The standard InChI is InChI=1S/C24H30FN3O3S/c1-2-27-15-13-22(14-16-27)28(21-9-10-21)24(29)17-18-3-7-20(8-4-18)26-32(30,31)23-11-5-19(25)6-12-23/h3-8,11-12,21-22,26H,2,9-10,13-17H2,1H3. The molecule has 1 saturated carbocycles. The molecule has 1 N–H and O–H groups in total. The zero-order valence-corrected chi connectivity index (χ0v) is 19.2. The van der Waals surface area contributed by atoms with E-state index in [1.165, 1.54) is 12.1 Å². The molecule has 2 aromatic carbocycles. The molecule has 1 aliphatic carbocycles. The predicted molar refractivity (Wildman–Crippen MR) is 122 cm³/mol. The highest BCUT2D eigenvalue weighted by Gasteiger charge is 2.38. The fourth-order valence-electron chi connectivity index (χ4n) is 4.36. The fourth-order valence-corrected chi connectivity index (χ4v) is 5.41. The number of amides is 1. The first kappa shape index (κ1) is 22.7. The van der Waals surface area contributed by atoms with Gasteiger partial charge in [-0.15, -0.1) is 0 Å². The lowest BCUT2D eigenvalue weighted by molar-refractivity contribution is -0.134. The van der Waals surface area contributed by atoms with Crippen molar-refractivity contribution < 1.29 is 17.6 Å². The SMILES string of the molecule is CCN1CCC(N(C(=O)Cc2ccc(NS(=O)(=O)c3ccc(F)cc3)cc2)C2CC2)CC1. The number of piperidine rings is 1. The van der Waals surface area contributed by atoms with Gasteiger partial charge in [-0.25, -0.2) is 12.8 Å². The van der Waals surface area contributed by atoms with Crippen LogP contribution in [0.4, 0.5) is 10.1 Å². The number of rotatable bonds is 8. The second kappa shape index (κ2) is 9.58. The zero-order chi connectivity index (χ0) is 22.7. The Kier molecular flexibility index (Phi) is 6.81. The molecular weight excluding hydrogens is 429 g/mol. The molecule has 1 saturated heterocycles. The number of nitrogens with zero attached hydrogens (tertiary/aromatic N) is 2. The van der Waals surface area contributed by atoms with Gasteiger partial charge < -0.3 is 9.80 Å². The van der Waals surface area contributed by atoms with Gasteiger partial charge in [0.25, 0.3) is 10.0 Å². The summed E-state index contributed by atoms with van der Waals surface area (Å²) in [5.74, 6) is -0.337. The van der Waals surface area contributed by atoms with Gasteiger partial charge in [0.15, 0.2) is 0 Å². The van der Waals surface area contributed by atoms with E-state index in [0.29, 0.717) is 24.2 Å². The summed E-state index contributed by atoms with van der Waals surface area (Å²) in [6, 6.07) is 12.3. The Morgan fingerprint density at radius 2 is 1.59 bits per heavy atom. The normalized spacial score (nSPS) is 17.8. The average molecular weight is 460 g/mol. The van der Waals surface area contributed by atoms with Crippen LogP contribution in [0.25, 0.3) is 0 Å². The van der Waals surface area contributed by atoms with Crippen LogP contribution in [0.1, 0.15) is 38.2 Å². The second-order valence-electron chi connectivity index (χ2n) is 8.63. The van der Waals surface area contributed by atoms with Crippen LogP contribution in [-0.4, -0.2) is 55.8 Å². The molecule has 0 spiro atoms. The van der Waals surface area contributed by atoms with E-state index in [4.69, 9.17) is 0 Å². The third-order valence-corrected chi connectivity index (χ3v) is 7.71. The van der Waals surface area contributed by atoms with Crippen molar-refractivity contribution >= 4 is 21.6 Å². The molecule has 6 nitrogen and oxygen atoms in total. The molecule has 0 atom stereocenters. The number of carbonyl (C=O) groups excluding carboxylic acids is 1. The molecule has 8 heteroatoms. The zero-order valence-electron chi connectivity index (χ0n) is 18.3. The van der Waals surface area contributed by atoms with Crippen molar-refractivity contribution in [1.82, 2.24) is 9.80 Å². The average Bonchev–Trinajstić information content (AvgIpc) is 3.61. The molecule has 172 valence electrons. The maximum Gasteiger partial charge on any atom is 0.261 e. The number of hydrogen-bond acceptors (Lipinski definition) is 4. The lowest BCUT2D eigenvalue weighted by Gasteiger charge is -2.38. The number of benzene rings is 2. The minimum absolute atomic E-state index is 0.00708. The van der Waals surface area contributed by atoms with E-state index in [0.717, 1.165) is 63.0 Å². The number of anilines is 1. The Balaban J connectivity index is 1.38. The Hall–Kier alpha value is -2.45. The number of halogens is 1. The number of nitrogens with one attached hydrogen (secondary N) is 1. The van der Waals surface area contributed by atoms with Crippen molar-refractivity contribution in [3.63, 3.8) is 0 Å². The highest BCUT2D eigenvalue weighted by Crippen LogP contribution is 2.32. The van der Waals surface area contributed by atoms with Gasteiger partial charge in [0.05, 0.1) is 11.3 Å². The van der Waals surface area contributed by atoms with Crippen molar-refractivity contribution in [3.05, 3.63) is 59.9 Å². The van der Waals surface area contributed by atoms with Gasteiger partial charge in [-0.1, -0.05) is 19.1 Å². The molecule has 1 amide bonds. The molecule has 0 aromatic heterocycles. The number of hydrogen-bond donors (Lipinski definition) is 1. The monoisotopic (exact) mass is 459 g/mol. The van der Waals surface area contributed by atoms with Gasteiger partial charge in [-0.3, -0.25) is 9.52 Å². The van der Waals surface area contributed by atoms with Crippen molar-refractivity contribution in [2.24, 2.45) is 0 Å². The largest absolute Gasteiger partial charge is 0.336 e. The first-order chi connectivity index (χ1) is 15.4. The minimum atomic E-state index is -3.80. The van der Waals surface area contributed by atoms with Gasteiger partial charge in [-0.2, -0.15) is 0 Å². The topological polar surface area (TPSA) is 69.7 Å². The minimum Gasteiger partial charge on any atom is -0.336 e. The molecule has 0 unspecified atom stereocenters. The van der Waals surface area contributed by atoms with E-state index in [-0.39, 0.29) is 10.8 Å². The molecule has 4 rings (SSSR count). The van der Waals surface area contributed by atoms with Crippen molar-refractivity contribution in [3.8, 4) is 0 Å². The number of carbonyl (C=O) groups is 1. The maximum absolute atomic E-state index is 13.1. The van der Waals surface area contributed by atoms with Crippen LogP contribution in [0.15, 0.2) is 53.4 Å². The molecule has 1 heterocycles. The fraction of sp³-hybridized carbons (Fsp3) is 0.458. The van der Waals surface area contributed by atoms with E-state index in [2.05, 4.69) is 21.4 Å². The highest BCUT2D eigenvalue weighted by atomic mass is 32.2. The van der Waals surface area contributed by atoms with Crippen molar-refractivity contribution in [2.45, 2.75) is 56.0 Å². The van der Waals surface area contributed by atoms with Gasteiger partial charge in [-0.05, 0) is 74.2 Å². The predicted octanol–water partition coefficient (Wildman–Crippen LogP) is 3.64. The van der Waals surface area contributed by atoms with Crippen molar-refractivity contribution in [2.75, 3.05) is 24.4 Å². The van der Waals surface area contributed by atoms with Crippen LogP contribution in [-0.2, 0) is 21.2 Å². The quantitative estimate of drug-likeness (QED) is 0.654. The Labute approximate surface area is 189 Å². The van der Waals surface area contributed by atoms with Crippen LogP contribution >= 0.6 is 0 Å². The Morgan fingerprint density at radius 1 is 1.00 bits per heavy atom. The summed E-state index contributed by atoms with van der Waals surface area (Å²) in [4.78, 5) is 17.7. The first-order valence-electron chi connectivity index (χ1n) is 11.3.